The molecule has 2 aliphatic rings. The Bertz CT molecular complexity index is 594. The van der Waals surface area contributed by atoms with E-state index in [0.717, 1.165) is 11.3 Å². The number of carbonyl (C=O) groups is 2. The van der Waals surface area contributed by atoms with E-state index < -0.39 is 0 Å². The molecule has 0 aromatic heterocycles. The molecule has 1 N–H and O–H groups in total. The van der Waals surface area contributed by atoms with Gasteiger partial charge in [-0.05, 0) is 31.9 Å². The lowest BCUT2D eigenvalue weighted by molar-refractivity contribution is -0.137. The topological polar surface area (TPSA) is 58.6 Å². The Morgan fingerprint density at radius 1 is 1.18 bits per heavy atom. The molecule has 22 heavy (non-hydrogen) atoms. The zero-order chi connectivity index (χ0) is 15.7. The summed E-state index contributed by atoms with van der Waals surface area (Å²) in [6.45, 7) is 6.47. The second kappa shape index (κ2) is 6.08. The standard InChI is InChI=1S/C17H22N2O3/c1-11-3-4-15(12(2)9-11)18-16(20)13-10-14(13)17(21)19-5-7-22-8-6-19/h3-4,9,13-14H,5-8,10H2,1-2H3,(H,18,20). The minimum absolute atomic E-state index is 0.0430. The molecule has 1 aromatic rings. The van der Waals surface area contributed by atoms with Crippen LogP contribution in [0.1, 0.15) is 17.5 Å². The van der Waals surface area contributed by atoms with Crippen LogP contribution in [-0.4, -0.2) is 43.0 Å². The summed E-state index contributed by atoms with van der Waals surface area (Å²) < 4.78 is 5.25. The zero-order valence-electron chi connectivity index (χ0n) is 13.1. The van der Waals surface area contributed by atoms with E-state index in [1.165, 1.54) is 5.56 Å². The minimum atomic E-state index is -0.184. The first-order valence-corrected chi connectivity index (χ1v) is 7.81. The van der Waals surface area contributed by atoms with Crippen molar-refractivity contribution in [1.29, 1.82) is 0 Å². The van der Waals surface area contributed by atoms with Crippen LogP contribution in [0.4, 0.5) is 5.69 Å². The quantitative estimate of drug-likeness (QED) is 0.925. The predicted molar refractivity (Wildman–Crippen MR) is 83.5 cm³/mol. The third-order valence-electron chi connectivity index (χ3n) is 4.41. The van der Waals surface area contributed by atoms with Gasteiger partial charge in [-0.1, -0.05) is 17.7 Å². The highest BCUT2D eigenvalue weighted by Crippen LogP contribution is 2.41. The van der Waals surface area contributed by atoms with Crippen molar-refractivity contribution in [2.24, 2.45) is 11.8 Å². The van der Waals surface area contributed by atoms with Crippen LogP contribution in [0, 0.1) is 25.7 Å². The summed E-state index contributed by atoms with van der Waals surface area (Å²) in [7, 11) is 0. The molecule has 0 spiro atoms. The maximum absolute atomic E-state index is 12.3. The summed E-state index contributed by atoms with van der Waals surface area (Å²) in [6, 6.07) is 5.94. The van der Waals surface area contributed by atoms with Gasteiger partial charge in [-0.3, -0.25) is 9.59 Å². The highest BCUT2D eigenvalue weighted by molar-refractivity contribution is 5.99. The Hall–Kier alpha value is -1.88. The van der Waals surface area contributed by atoms with E-state index in [0.29, 0.717) is 32.7 Å². The van der Waals surface area contributed by atoms with Gasteiger partial charge >= 0.3 is 0 Å². The summed E-state index contributed by atoms with van der Waals surface area (Å²) >= 11 is 0. The van der Waals surface area contributed by atoms with Crippen LogP contribution in [0.2, 0.25) is 0 Å². The van der Waals surface area contributed by atoms with Crippen LogP contribution in [0.15, 0.2) is 18.2 Å². The fraction of sp³-hybridized carbons (Fsp3) is 0.529. The smallest absolute Gasteiger partial charge is 0.228 e. The molecule has 5 nitrogen and oxygen atoms in total. The van der Waals surface area contributed by atoms with Crippen LogP contribution < -0.4 is 5.32 Å². The van der Waals surface area contributed by atoms with Crippen molar-refractivity contribution in [3.63, 3.8) is 0 Å². The van der Waals surface area contributed by atoms with Gasteiger partial charge in [0.05, 0.1) is 25.0 Å². The van der Waals surface area contributed by atoms with E-state index >= 15 is 0 Å². The van der Waals surface area contributed by atoms with Gasteiger partial charge in [-0.25, -0.2) is 0 Å². The molecule has 2 atom stereocenters. The van der Waals surface area contributed by atoms with E-state index in [1.54, 1.807) is 0 Å². The van der Waals surface area contributed by atoms with Gasteiger partial charge in [-0.15, -0.1) is 0 Å². The van der Waals surface area contributed by atoms with Crippen LogP contribution in [0.5, 0.6) is 0 Å². The average molecular weight is 302 g/mol. The largest absolute Gasteiger partial charge is 0.378 e. The third-order valence-corrected chi connectivity index (χ3v) is 4.41. The molecule has 1 heterocycles. The summed E-state index contributed by atoms with van der Waals surface area (Å²) in [5.41, 5.74) is 3.05. The molecule has 118 valence electrons. The van der Waals surface area contributed by atoms with E-state index in [4.69, 9.17) is 4.74 Å². The molecule has 1 saturated carbocycles. The summed E-state index contributed by atoms with van der Waals surface area (Å²) in [6.07, 6.45) is 0.660. The normalized spacial score (nSPS) is 24.0. The first-order valence-electron chi connectivity index (χ1n) is 7.81. The van der Waals surface area contributed by atoms with E-state index in [-0.39, 0.29) is 23.7 Å². The van der Waals surface area contributed by atoms with Gasteiger partial charge in [0, 0.05) is 18.8 Å². The maximum Gasteiger partial charge on any atom is 0.228 e. The number of nitrogens with zero attached hydrogens (tertiary/aromatic N) is 1. The van der Waals surface area contributed by atoms with Gasteiger partial charge in [0.15, 0.2) is 0 Å². The Labute approximate surface area is 130 Å². The van der Waals surface area contributed by atoms with Gasteiger partial charge in [0.25, 0.3) is 0 Å². The van der Waals surface area contributed by atoms with Crippen molar-refractivity contribution in [1.82, 2.24) is 4.90 Å². The van der Waals surface area contributed by atoms with Gasteiger partial charge in [0.1, 0.15) is 0 Å². The molecule has 0 radical (unpaired) electrons. The zero-order valence-corrected chi connectivity index (χ0v) is 13.1. The first-order chi connectivity index (χ1) is 10.6. The van der Waals surface area contributed by atoms with Crippen molar-refractivity contribution < 1.29 is 14.3 Å². The number of anilines is 1. The number of rotatable bonds is 3. The number of morpholine rings is 1. The molecule has 0 bridgehead atoms. The highest BCUT2D eigenvalue weighted by Gasteiger charge is 2.49. The van der Waals surface area contributed by atoms with Crippen molar-refractivity contribution in [3.8, 4) is 0 Å². The van der Waals surface area contributed by atoms with Crippen LogP contribution >= 0.6 is 0 Å². The van der Waals surface area contributed by atoms with Gasteiger partial charge in [-0.2, -0.15) is 0 Å². The molecule has 1 aliphatic heterocycles. The van der Waals surface area contributed by atoms with Crippen molar-refractivity contribution in [2.45, 2.75) is 20.3 Å². The molecular formula is C17H22N2O3. The second-order valence-corrected chi connectivity index (χ2v) is 6.19. The van der Waals surface area contributed by atoms with Crippen LogP contribution in [-0.2, 0) is 14.3 Å². The number of amides is 2. The number of aryl methyl sites for hydroxylation is 2. The number of nitrogens with one attached hydrogen (secondary N) is 1. The Kier molecular flexibility index (Phi) is 4.16. The van der Waals surface area contributed by atoms with Gasteiger partial charge in [0.2, 0.25) is 11.8 Å². The number of carbonyl (C=O) groups excluding carboxylic acids is 2. The fourth-order valence-electron chi connectivity index (χ4n) is 2.96. The number of hydrogen-bond acceptors (Lipinski definition) is 3. The lowest BCUT2D eigenvalue weighted by atomic mass is 10.1. The molecular weight excluding hydrogens is 280 g/mol. The molecule has 2 amide bonds. The molecule has 3 rings (SSSR count). The summed E-state index contributed by atoms with van der Waals surface area (Å²) in [5, 5.41) is 2.95. The second-order valence-electron chi connectivity index (χ2n) is 6.19. The molecule has 1 aromatic carbocycles. The maximum atomic E-state index is 12.3. The monoisotopic (exact) mass is 302 g/mol. The van der Waals surface area contributed by atoms with Crippen molar-refractivity contribution in [3.05, 3.63) is 29.3 Å². The summed E-state index contributed by atoms with van der Waals surface area (Å²) in [5.74, 6) is -0.275. The minimum Gasteiger partial charge on any atom is -0.378 e. The molecule has 1 aliphatic carbocycles. The SMILES string of the molecule is Cc1ccc(NC(=O)C2CC2C(=O)N2CCOCC2)c(C)c1. The number of hydrogen-bond donors (Lipinski definition) is 1. The Morgan fingerprint density at radius 2 is 1.91 bits per heavy atom. The van der Waals surface area contributed by atoms with Gasteiger partial charge < -0.3 is 15.0 Å². The lowest BCUT2D eigenvalue weighted by Gasteiger charge is -2.27. The third kappa shape index (κ3) is 3.14. The van der Waals surface area contributed by atoms with Crippen molar-refractivity contribution in [2.75, 3.05) is 31.6 Å². The number of benzene rings is 1. The molecule has 2 unspecified atom stereocenters. The van der Waals surface area contributed by atoms with E-state index in [9.17, 15) is 9.59 Å². The molecule has 2 fully saturated rings. The Balaban J connectivity index is 1.57. The first kappa shape index (κ1) is 15.0. The summed E-state index contributed by atoms with van der Waals surface area (Å²) in [4.78, 5) is 26.5. The Morgan fingerprint density at radius 3 is 2.59 bits per heavy atom. The highest BCUT2D eigenvalue weighted by atomic mass is 16.5. The molecule has 5 heteroatoms. The van der Waals surface area contributed by atoms with Crippen molar-refractivity contribution >= 4 is 17.5 Å². The van der Waals surface area contributed by atoms with E-state index in [1.807, 2.05) is 36.9 Å². The lowest BCUT2D eigenvalue weighted by Crippen LogP contribution is -2.42. The average Bonchev–Trinajstić information content (AvgIpc) is 3.31. The number of ether oxygens (including phenoxy) is 1. The predicted octanol–water partition coefficient (Wildman–Crippen LogP) is 1.74. The molecule has 1 saturated heterocycles. The van der Waals surface area contributed by atoms with Crippen LogP contribution in [0.3, 0.4) is 0 Å². The fourth-order valence-corrected chi connectivity index (χ4v) is 2.96. The van der Waals surface area contributed by atoms with E-state index in [2.05, 4.69) is 5.32 Å². The van der Waals surface area contributed by atoms with Crippen LogP contribution in [0.25, 0.3) is 0 Å².